The van der Waals surface area contributed by atoms with E-state index in [0.29, 0.717) is 5.92 Å². The Morgan fingerprint density at radius 1 is 1.22 bits per heavy atom. The smallest absolute Gasteiger partial charge is 0.339 e. The highest BCUT2D eigenvalue weighted by Gasteiger charge is 2.34. The van der Waals surface area contributed by atoms with Crippen LogP contribution in [0.4, 0.5) is 0 Å². The molecule has 0 rings (SSSR count). The minimum Gasteiger partial charge on any atom is -0.458 e. The molecule has 0 saturated carbocycles. The zero-order valence-corrected chi connectivity index (χ0v) is 12.8. The van der Waals surface area contributed by atoms with Crippen LogP contribution in [0, 0.1) is 5.92 Å². The van der Waals surface area contributed by atoms with Gasteiger partial charge < -0.3 is 15.2 Å². The summed E-state index contributed by atoms with van der Waals surface area (Å²) in [6, 6.07) is 0.263. The number of esters is 1. The highest BCUT2D eigenvalue weighted by atomic mass is 16.6. The molecule has 0 spiro atoms. The van der Waals surface area contributed by atoms with E-state index in [9.17, 15) is 9.90 Å². The van der Waals surface area contributed by atoms with Gasteiger partial charge in [-0.1, -0.05) is 13.8 Å². The van der Waals surface area contributed by atoms with Crippen LogP contribution in [0.15, 0.2) is 0 Å². The minimum absolute atomic E-state index is 0.204. The van der Waals surface area contributed by atoms with Gasteiger partial charge in [-0.3, -0.25) is 0 Å². The van der Waals surface area contributed by atoms with Crippen LogP contribution in [-0.2, 0) is 9.53 Å². The first-order valence-corrected chi connectivity index (χ1v) is 6.63. The fraction of sp³-hybridized carbons (Fsp3) is 0.929. The fourth-order valence-electron chi connectivity index (χ4n) is 1.62. The van der Waals surface area contributed by atoms with Gasteiger partial charge in [0.15, 0.2) is 5.60 Å². The van der Waals surface area contributed by atoms with Crippen molar-refractivity contribution < 1.29 is 14.6 Å². The number of rotatable bonds is 6. The Bertz CT molecular complexity index is 267. The molecule has 0 bridgehead atoms. The summed E-state index contributed by atoms with van der Waals surface area (Å²) in [5, 5.41) is 13.3. The molecule has 0 aromatic rings. The van der Waals surface area contributed by atoms with Gasteiger partial charge in [0.25, 0.3) is 0 Å². The number of carbonyl (C=O) groups excluding carboxylic acids is 1. The third kappa shape index (κ3) is 7.67. The summed E-state index contributed by atoms with van der Waals surface area (Å²) in [4.78, 5) is 11.8. The zero-order chi connectivity index (χ0) is 14.6. The molecular formula is C14H29NO3. The summed E-state index contributed by atoms with van der Waals surface area (Å²) in [7, 11) is 0. The molecule has 0 aliphatic carbocycles. The van der Waals surface area contributed by atoms with Crippen LogP contribution in [0.5, 0.6) is 0 Å². The molecule has 2 atom stereocenters. The Kier molecular flexibility index (Phi) is 6.30. The van der Waals surface area contributed by atoms with E-state index in [1.165, 1.54) is 6.92 Å². The number of nitrogens with one attached hydrogen (secondary N) is 1. The Morgan fingerprint density at radius 2 is 1.72 bits per heavy atom. The van der Waals surface area contributed by atoms with Crippen LogP contribution in [0.1, 0.15) is 54.9 Å². The predicted molar refractivity (Wildman–Crippen MR) is 73.4 cm³/mol. The molecule has 4 nitrogen and oxygen atoms in total. The van der Waals surface area contributed by atoms with Gasteiger partial charge in [0, 0.05) is 12.6 Å². The molecule has 108 valence electrons. The molecule has 18 heavy (non-hydrogen) atoms. The van der Waals surface area contributed by atoms with Crippen molar-refractivity contribution in [3.05, 3.63) is 0 Å². The molecule has 0 aromatic carbocycles. The van der Waals surface area contributed by atoms with Gasteiger partial charge in [-0.15, -0.1) is 0 Å². The Hall–Kier alpha value is -0.610. The van der Waals surface area contributed by atoms with Crippen LogP contribution >= 0.6 is 0 Å². The third-order valence-electron chi connectivity index (χ3n) is 2.46. The molecule has 0 saturated heterocycles. The first kappa shape index (κ1) is 17.4. The number of ether oxygens (including phenoxy) is 1. The lowest BCUT2D eigenvalue weighted by atomic mass is 10.0. The van der Waals surface area contributed by atoms with Gasteiger partial charge in [0.1, 0.15) is 5.60 Å². The Balaban J connectivity index is 4.26. The molecule has 0 unspecified atom stereocenters. The van der Waals surface area contributed by atoms with Crippen molar-refractivity contribution in [1.82, 2.24) is 5.32 Å². The first-order chi connectivity index (χ1) is 7.94. The van der Waals surface area contributed by atoms with Crippen molar-refractivity contribution in [2.45, 2.75) is 72.1 Å². The van der Waals surface area contributed by atoms with Gasteiger partial charge >= 0.3 is 5.97 Å². The van der Waals surface area contributed by atoms with Crippen molar-refractivity contribution in [2.24, 2.45) is 5.92 Å². The SMILES string of the molecule is CC(C)C[C@@H](C)NC[C@](C)(O)C(=O)OC(C)(C)C. The van der Waals surface area contributed by atoms with Crippen molar-refractivity contribution in [3.63, 3.8) is 0 Å². The summed E-state index contributed by atoms with van der Waals surface area (Å²) in [6.45, 7) is 13.4. The highest BCUT2D eigenvalue weighted by molar-refractivity contribution is 5.79. The van der Waals surface area contributed by atoms with Crippen molar-refractivity contribution in [1.29, 1.82) is 0 Å². The average molecular weight is 259 g/mol. The van der Waals surface area contributed by atoms with Crippen LogP contribution in [0.2, 0.25) is 0 Å². The minimum atomic E-state index is -1.49. The van der Waals surface area contributed by atoms with Crippen LogP contribution in [0.3, 0.4) is 0 Å². The van der Waals surface area contributed by atoms with Gasteiger partial charge in [-0.2, -0.15) is 0 Å². The highest BCUT2D eigenvalue weighted by Crippen LogP contribution is 2.14. The van der Waals surface area contributed by atoms with Crippen molar-refractivity contribution in [2.75, 3.05) is 6.54 Å². The molecule has 0 fully saturated rings. The molecule has 2 N–H and O–H groups in total. The summed E-state index contributed by atoms with van der Waals surface area (Å²) in [5.41, 5.74) is -2.07. The van der Waals surface area contributed by atoms with Gasteiger partial charge in [0.2, 0.25) is 0 Å². The lowest BCUT2D eigenvalue weighted by molar-refractivity contribution is -0.174. The summed E-state index contributed by atoms with van der Waals surface area (Å²) in [6.07, 6.45) is 1.00. The zero-order valence-electron chi connectivity index (χ0n) is 12.8. The normalized spacial score (nSPS) is 17.4. The van der Waals surface area contributed by atoms with Crippen LogP contribution in [0.25, 0.3) is 0 Å². The standard InChI is InChI=1S/C14H29NO3/c1-10(2)8-11(3)15-9-14(7,17)12(16)18-13(4,5)6/h10-11,15,17H,8-9H2,1-7H3/t11-,14+/m1/s1. The fourth-order valence-corrected chi connectivity index (χ4v) is 1.62. The summed E-state index contributed by atoms with van der Waals surface area (Å²) in [5.74, 6) is -0.00165. The average Bonchev–Trinajstić information content (AvgIpc) is 2.11. The third-order valence-corrected chi connectivity index (χ3v) is 2.46. The van der Waals surface area contributed by atoms with Crippen molar-refractivity contribution in [3.8, 4) is 0 Å². The van der Waals surface area contributed by atoms with E-state index in [-0.39, 0.29) is 12.6 Å². The summed E-state index contributed by atoms with van der Waals surface area (Å²) >= 11 is 0. The molecular weight excluding hydrogens is 230 g/mol. The second kappa shape index (κ2) is 6.53. The monoisotopic (exact) mass is 259 g/mol. The lowest BCUT2D eigenvalue weighted by Gasteiger charge is -2.29. The lowest BCUT2D eigenvalue weighted by Crippen LogP contribution is -2.50. The van der Waals surface area contributed by atoms with E-state index in [1.807, 2.05) is 6.92 Å². The number of hydrogen-bond acceptors (Lipinski definition) is 4. The topological polar surface area (TPSA) is 58.6 Å². The van der Waals surface area contributed by atoms with E-state index >= 15 is 0 Å². The van der Waals surface area contributed by atoms with Gasteiger partial charge in [-0.05, 0) is 47.0 Å². The Labute approximate surface area is 111 Å². The van der Waals surface area contributed by atoms with Crippen molar-refractivity contribution >= 4 is 5.97 Å². The van der Waals surface area contributed by atoms with Crippen LogP contribution in [-0.4, -0.2) is 34.9 Å². The van der Waals surface area contributed by atoms with E-state index in [4.69, 9.17) is 4.74 Å². The van der Waals surface area contributed by atoms with Gasteiger partial charge in [0.05, 0.1) is 0 Å². The second-order valence-electron chi connectivity index (χ2n) is 6.69. The van der Waals surface area contributed by atoms with Gasteiger partial charge in [-0.25, -0.2) is 4.79 Å². The number of carbonyl (C=O) groups is 1. The maximum atomic E-state index is 11.8. The van der Waals surface area contributed by atoms with E-state index in [0.717, 1.165) is 6.42 Å². The quantitative estimate of drug-likeness (QED) is 0.717. The van der Waals surface area contributed by atoms with Crippen LogP contribution < -0.4 is 5.32 Å². The number of hydrogen-bond donors (Lipinski definition) is 2. The predicted octanol–water partition coefficient (Wildman–Crippen LogP) is 2.10. The second-order valence-corrected chi connectivity index (χ2v) is 6.69. The summed E-state index contributed by atoms with van der Waals surface area (Å²) < 4.78 is 5.19. The van der Waals surface area contributed by atoms with E-state index in [2.05, 4.69) is 19.2 Å². The molecule has 0 aromatic heterocycles. The van der Waals surface area contributed by atoms with E-state index in [1.54, 1.807) is 20.8 Å². The molecule has 0 aliphatic heterocycles. The maximum absolute atomic E-state index is 11.8. The Morgan fingerprint density at radius 3 is 2.11 bits per heavy atom. The molecule has 4 heteroatoms. The molecule has 0 aliphatic rings. The first-order valence-electron chi connectivity index (χ1n) is 6.63. The molecule has 0 radical (unpaired) electrons. The molecule has 0 heterocycles. The molecule has 0 amide bonds. The van der Waals surface area contributed by atoms with E-state index < -0.39 is 17.2 Å². The number of aliphatic hydroxyl groups is 1. The largest absolute Gasteiger partial charge is 0.458 e. The maximum Gasteiger partial charge on any atom is 0.339 e.